The van der Waals surface area contributed by atoms with E-state index in [1.807, 2.05) is 0 Å². The van der Waals surface area contributed by atoms with Crippen LogP contribution in [0.2, 0.25) is 0 Å². The Hall–Kier alpha value is -2.52. The number of carbonyl (C=O) groups excluding carboxylic acids is 2. The normalized spacial score (nSPS) is 25.0. The third kappa shape index (κ3) is 3.77. The number of aliphatic hydroxyl groups excluding tert-OH is 1. The number of nitrogens with one attached hydrogen (secondary N) is 1. The van der Waals surface area contributed by atoms with Crippen LogP contribution in [0.15, 0.2) is 24.3 Å². The van der Waals surface area contributed by atoms with Crippen LogP contribution in [0.4, 0.5) is 5.69 Å². The predicted molar refractivity (Wildman–Crippen MR) is 85.2 cm³/mol. The molecule has 0 spiro atoms. The number of hydrogen-bond donors (Lipinski definition) is 2. The number of nitrogens with zero attached hydrogens (tertiary/aromatic N) is 1. The molecular formula is C16H20N2O7. The Balaban J connectivity index is 1.84. The first kappa shape index (κ1) is 18.8. The van der Waals surface area contributed by atoms with Gasteiger partial charge in [-0.15, -0.1) is 0 Å². The molecule has 0 aliphatic carbocycles. The summed E-state index contributed by atoms with van der Waals surface area (Å²) in [6.07, 6.45) is 0.240. The van der Waals surface area contributed by atoms with E-state index in [0.29, 0.717) is 12.0 Å². The van der Waals surface area contributed by atoms with E-state index in [-0.39, 0.29) is 31.2 Å². The Bertz CT molecular complexity index is 676. The second-order valence-electron chi connectivity index (χ2n) is 6.41. The summed E-state index contributed by atoms with van der Waals surface area (Å²) in [5.74, 6) is -0.920. The number of non-ortho nitro benzene ring substituents is 1. The number of aliphatic hydroxyl groups is 1. The molecule has 9 heteroatoms. The molecule has 1 saturated heterocycles. The van der Waals surface area contributed by atoms with Gasteiger partial charge in [0.15, 0.2) is 0 Å². The quantitative estimate of drug-likeness (QED) is 0.308. The number of nitro groups is 1. The van der Waals surface area contributed by atoms with Gasteiger partial charge in [-0.3, -0.25) is 19.8 Å². The molecule has 9 nitrogen and oxygen atoms in total. The van der Waals surface area contributed by atoms with Crippen molar-refractivity contribution in [2.45, 2.75) is 32.2 Å². The third-order valence-electron chi connectivity index (χ3n) is 4.72. The van der Waals surface area contributed by atoms with Crippen molar-refractivity contribution in [2.24, 2.45) is 5.41 Å². The predicted octanol–water partition coefficient (Wildman–Crippen LogP) is 0.889. The van der Waals surface area contributed by atoms with Crippen LogP contribution in [-0.4, -0.2) is 40.7 Å². The Morgan fingerprint density at radius 3 is 2.48 bits per heavy atom. The smallest absolute Gasteiger partial charge is 0.346 e. The van der Waals surface area contributed by atoms with Crippen LogP contribution in [0.25, 0.3) is 0 Å². The maximum absolute atomic E-state index is 11.8. The average molecular weight is 352 g/mol. The summed E-state index contributed by atoms with van der Waals surface area (Å²) in [6, 6.07) is 5.50. The second kappa shape index (κ2) is 7.16. The van der Waals surface area contributed by atoms with E-state index < -0.39 is 21.8 Å². The highest BCUT2D eigenvalue weighted by atomic mass is 17.2. The molecule has 1 aromatic carbocycles. The molecule has 0 radical (unpaired) electrons. The lowest BCUT2D eigenvalue weighted by Gasteiger charge is -2.54. The minimum Gasteiger partial charge on any atom is -0.396 e. The molecular weight excluding hydrogens is 332 g/mol. The molecule has 2 rings (SSSR count). The van der Waals surface area contributed by atoms with Crippen LogP contribution >= 0.6 is 0 Å². The van der Waals surface area contributed by atoms with Gasteiger partial charge in [-0.2, -0.15) is 4.89 Å². The number of rotatable bonds is 8. The lowest BCUT2D eigenvalue weighted by molar-refractivity contribution is -0.384. The van der Waals surface area contributed by atoms with Crippen molar-refractivity contribution in [3.8, 4) is 0 Å². The van der Waals surface area contributed by atoms with E-state index in [2.05, 4.69) is 5.32 Å². The van der Waals surface area contributed by atoms with Gasteiger partial charge in [0.2, 0.25) is 5.91 Å². The molecule has 1 amide bonds. The van der Waals surface area contributed by atoms with Gasteiger partial charge in [0.05, 0.1) is 22.3 Å². The van der Waals surface area contributed by atoms with Crippen LogP contribution < -0.4 is 5.32 Å². The lowest BCUT2D eigenvalue weighted by atomic mass is 9.63. The molecule has 0 aromatic heterocycles. The molecule has 1 aliphatic heterocycles. The summed E-state index contributed by atoms with van der Waals surface area (Å²) in [5.41, 5.74) is -1.08. The SMILES string of the molecule is CC1(CCO)NC(=O)C1(C)COOC(=O)Cc1ccc([N+](=O)[O-])cc1. The van der Waals surface area contributed by atoms with E-state index in [0.717, 1.165) is 0 Å². The Morgan fingerprint density at radius 1 is 1.32 bits per heavy atom. The van der Waals surface area contributed by atoms with Crippen molar-refractivity contribution in [3.05, 3.63) is 39.9 Å². The second-order valence-corrected chi connectivity index (χ2v) is 6.41. The zero-order valence-electron chi connectivity index (χ0n) is 14.0. The third-order valence-corrected chi connectivity index (χ3v) is 4.72. The van der Waals surface area contributed by atoms with Gasteiger partial charge in [0.25, 0.3) is 5.69 Å². The number of nitro benzene ring substituents is 1. The highest BCUT2D eigenvalue weighted by Gasteiger charge is 2.60. The minimum absolute atomic E-state index is 0.0690. The van der Waals surface area contributed by atoms with Crippen LogP contribution in [0, 0.1) is 15.5 Å². The molecule has 0 saturated carbocycles. The number of hydrogen-bond acceptors (Lipinski definition) is 7. The summed E-state index contributed by atoms with van der Waals surface area (Å²) in [4.78, 5) is 43.3. The first-order valence-electron chi connectivity index (χ1n) is 7.71. The van der Waals surface area contributed by atoms with Gasteiger partial charge in [-0.05, 0) is 25.8 Å². The van der Waals surface area contributed by atoms with Crippen molar-refractivity contribution < 1.29 is 29.4 Å². The lowest BCUT2D eigenvalue weighted by Crippen LogP contribution is -2.75. The Morgan fingerprint density at radius 2 is 1.96 bits per heavy atom. The van der Waals surface area contributed by atoms with Crippen LogP contribution in [0.5, 0.6) is 0 Å². The fraction of sp³-hybridized carbons (Fsp3) is 0.500. The van der Waals surface area contributed by atoms with E-state index in [4.69, 9.17) is 14.9 Å². The van der Waals surface area contributed by atoms with E-state index in [1.54, 1.807) is 13.8 Å². The molecule has 136 valence electrons. The summed E-state index contributed by atoms with van der Waals surface area (Å²) in [7, 11) is 0. The zero-order chi connectivity index (χ0) is 18.7. The van der Waals surface area contributed by atoms with Crippen LogP contribution in [0.1, 0.15) is 25.8 Å². The fourth-order valence-electron chi connectivity index (χ4n) is 2.65. The van der Waals surface area contributed by atoms with Crippen molar-refractivity contribution >= 4 is 17.6 Å². The largest absolute Gasteiger partial charge is 0.396 e. The Labute approximate surface area is 144 Å². The number of benzene rings is 1. The number of β-lactam (4-membered cyclic amide) rings is 1. The van der Waals surface area contributed by atoms with Crippen molar-refractivity contribution in [1.82, 2.24) is 5.32 Å². The molecule has 1 fully saturated rings. The Kier molecular flexibility index (Phi) is 5.39. The zero-order valence-corrected chi connectivity index (χ0v) is 14.0. The van der Waals surface area contributed by atoms with Gasteiger partial charge in [0, 0.05) is 18.7 Å². The molecule has 1 heterocycles. The van der Waals surface area contributed by atoms with E-state index >= 15 is 0 Å². The maximum Gasteiger partial charge on any atom is 0.346 e. The summed E-state index contributed by atoms with van der Waals surface area (Å²) in [5, 5.41) is 22.4. The molecule has 2 unspecified atom stereocenters. The molecule has 25 heavy (non-hydrogen) atoms. The summed E-state index contributed by atoms with van der Waals surface area (Å²) < 4.78 is 0. The minimum atomic E-state index is -0.913. The maximum atomic E-state index is 11.8. The average Bonchev–Trinajstić information content (AvgIpc) is 2.55. The van der Waals surface area contributed by atoms with Gasteiger partial charge in [-0.1, -0.05) is 12.1 Å². The van der Waals surface area contributed by atoms with Crippen LogP contribution in [-0.2, 0) is 25.8 Å². The van der Waals surface area contributed by atoms with E-state index in [9.17, 15) is 19.7 Å². The number of carbonyl (C=O) groups is 2. The number of amides is 1. The topological polar surface area (TPSA) is 128 Å². The van der Waals surface area contributed by atoms with Gasteiger partial charge in [-0.25, -0.2) is 4.79 Å². The summed E-state index contributed by atoms with van der Waals surface area (Å²) >= 11 is 0. The van der Waals surface area contributed by atoms with Crippen molar-refractivity contribution in [1.29, 1.82) is 0 Å². The molecule has 1 aliphatic rings. The molecule has 0 bridgehead atoms. The van der Waals surface area contributed by atoms with E-state index in [1.165, 1.54) is 24.3 Å². The van der Waals surface area contributed by atoms with Gasteiger partial charge >= 0.3 is 5.97 Å². The molecule has 1 aromatic rings. The molecule has 2 atom stereocenters. The van der Waals surface area contributed by atoms with Gasteiger partial charge < -0.3 is 10.4 Å². The highest BCUT2D eigenvalue weighted by Crippen LogP contribution is 2.42. The van der Waals surface area contributed by atoms with Gasteiger partial charge in [0.1, 0.15) is 6.61 Å². The first-order valence-corrected chi connectivity index (χ1v) is 7.71. The van der Waals surface area contributed by atoms with Crippen molar-refractivity contribution in [2.75, 3.05) is 13.2 Å². The summed E-state index contributed by atoms with van der Waals surface area (Å²) in [6.45, 7) is 3.23. The monoisotopic (exact) mass is 352 g/mol. The fourth-order valence-corrected chi connectivity index (χ4v) is 2.65. The standard InChI is InChI=1S/C16H20N2O7/c1-15(14(21)17-16(15,2)7-8-19)10-24-25-13(20)9-11-3-5-12(6-4-11)18(22)23/h3-6,19H,7-10H2,1-2H3,(H,17,21). The first-order chi connectivity index (χ1) is 11.7. The van der Waals surface area contributed by atoms with Crippen LogP contribution in [0.3, 0.4) is 0 Å². The molecule has 2 N–H and O–H groups in total. The highest BCUT2D eigenvalue weighted by molar-refractivity contribution is 5.91. The van der Waals surface area contributed by atoms with Crippen molar-refractivity contribution in [3.63, 3.8) is 0 Å².